The Morgan fingerprint density at radius 1 is 1.00 bits per heavy atom. The summed E-state index contributed by atoms with van der Waals surface area (Å²) in [5, 5.41) is 21.5. The molecule has 0 spiro atoms. The summed E-state index contributed by atoms with van der Waals surface area (Å²) in [4.78, 5) is 52.4. The van der Waals surface area contributed by atoms with Crippen LogP contribution in [0.3, 0.4) is 0 Å². The van der Waals surface area contributed by atoms with Gasteiger partial charge in [0.1, 0.15) is 0 Å². The molecule has 5 rings (SSSR count). The zero-order chi connectivity index (χ0) is 27.4. The maximum atomic E-state index is 12.5. The molecule has 3 unspecified atom stereocenters. The van der Waals surface area contributed by atoms with E-state index in [-0.39, 0.29) is 41.2 Å². The molecule has 0 saturated heterocycles. The first-order valence-corrected chi connectivity index (χ1v) is 12.8. The van der Waals surface area contributed by atoms with E-state index in [2.05, 4.69) is 30.4 Å². The average molecular weight is 518 g/mol. The van der Waals surface area contributed by atoms with Crippen molar-refractivity contribution >= 4 is 23.9 Å². The number of amides is 2. The maximum Gasteiger partial charge on any atom is 0.431 e. The third kappa shape index (κ3) is 7.00. The number of hydrogen-bond acceptors (Lipinski definition) is 6. The van der Waals surface area contributed by atoms with Gasteiger partial charge in [-0.1, -0.05) is 26.0 Å². The molecule has 37 heavy (non-hydrogen) atoms. The number of nitrogens with two attached hydrogens (primary N) is 1. The first-order valence-electron chi connectivity index (χ1n) is 12.8. The van der Waals surface area contributed by atoms with Crippen LogP contribution in [0, 0.1) is 22.7 Å². The van der Waals surface area contributed by atoms with E-state index < -0.39 is 29.9 Å². The fourth-order valence-electron chi connectivity index (χ4n) is 7.67. The zero-order valence-corrected chi connectivity index (χ0v) is 21.8. The van der Waals surface area contributed by atoms with E-state index in [0.717, 1.165) is 19.3 Å². The van der Waals surface area contributed by atoms with Gasteiger partial charge in [0.05, 0.1) is 11.5 Å². The topological polar surface area (TPSA) is 168 Å². The molecule has 1 aromatic rings. The van der Waals surface area contributed by atoms with Crippen LogP contribution >= 0.6 is 0 Å². The second-order valence-electron chi connectivity index (χ2n) is 11.7. The van der Waals surface area contributed by atoms with Crippen molar-refractivity contribution in [2.45, 2.75) is 77.2 Å². The van der Waals surface area contributed by atoms with Crippen LogP contribution in [-0.2, 0) is 20.8 Å². The number of carboxylic acids is 2. The number of nitrogens with one attached hydrogen (secondary N) is 2. The van der Waals surface area contributed by atoms with Crippen LogP contribution in [0.2, 0.25) is 0 Å². The van der Waals surface area contributed by atoms with Gasteiger partial charge < -0.3 is 26.1 Å². The molecule has 204 valence electrons. The van der Waals surface area contributed by atoms with Crippen LogP contribution in [0.4, 0.5) is 4.79 Å². The minimum atomic E-state index is -1.06. The van der Waals surface area contributed by atoms with Crippen molar-refractivity contribution in [2.75, 3.05) is 7.05 Å². The van der Waals surface area contributed by atoms with Gasteiger partial charge in [-0.3, -0.25) is 9.59 Å². The first-order chi connectivity index (χ1) is 17.4. The average Bonchev–Trinajstić information content (AvgIpc) is 2.79. The molecule has 2 amide bonds. The summed E-state index contributed by atoms with van der Waals surface area (Å²) in [6.45, 7) is 4.61. The normalized spacial score (nSPS) is 29.9. The maximum absolute atomic E-state index is 12.5. The predicted molar refractivity (Wildman–Crippen MR) is 135 cm³/mol. The highest BCUT2D eigenvalue weighted by atomic mass is 16.7. The van der Waals surface area contributed by atoms with E-state index in [0.29, 0.717) is 11.5 Å². The van der Waals surface area contributed by atoms with Crippen LogP contribution < -0.4 is 16.5 Å². The van der Waals surface area contributed by atoms with Crippen LogP contribution in [0.1, 0.15) is 81.1 Å². The van der Waals surface area contributed by atoms with Gasteiger partial charge in [-0.2, -0.15) is 5.48 Å². The molecule has 4 aliphatic rings. The summed E-state index contributed by atoms with van der Waals surface area (Å²) >= 11 is 0. The molecule has 4 saturated carbocycles. The Morgan fingerprint density at radius 3 is 2.11 bits per heavy atom. The predicted octanol–water partition coefficient (Wildman–Crippen LogP) is 3.49. The van der Waals surface area contributed by atoms with Gasteiger partial charge in [0, 0.05) is 12.0 Å². The van der Waals surface area contributed by atoms with E-state index in [1.807, 2.05) is 0 Å². The summed E-state index contributed by atoms with van der Waals surface area (Å²) in [6, 6.07) is 5.97. The first kappa shape index (κ1) is 28.4. The minimum Gasteiger partial charge on any atom is -0.481 e. The fraction of sp³-hybridized carbons (Fsp3) is 0.630. The number of carbonyl (C=O) groups is 4. The lowest BCUT2D eigenvalue weighted by molar-refractivity contribution is -0.142. The summed E-state index contributed by atoms with van der Waals surface area (Å²) in [6.07, 6.45) is 5.77. The largest absolute Gasteiger partial charge is 0.481 e. The fourth-order valence-corrected chi connectivity index (χ4v) is 7.67. The number of carboxylic acid groups (broad SMARTS) is 2. The van der Waals surface area contributed by atoms with Gasteiger partial charge in [0.25, 0.3) is 5.91 Å². The van der Waals surface area contributed by atoms with Crippen molar-refractivity contribution in [3.8, 4) is 0 Å². The number of hydroxylamine groups is 1. The number of aliphatic carboxylic acids is 1. The van der Waals surface area contributed by atoms with Crippen molar-refractivity contribution in [3.63, 3.8) is 0 Å². The van der Waals surface area contributed by atoms with Gasteiger partial charge >= 0.3 is 18.0 Å². The number of carbonyl (C=O) groups excluding carboxylic acids is 2. The highest BCUT2D eigenvalue weighted by molar-refractivity contribution is 5.87. The molecule has 4 aliphatic carbocycles. The number of rotatable bonds is 8. The molecule has 0 radical (unpaired) electrons. The van der Waals surface area contributed by atoms with Gasteiger partial charge in [-0.15, -0.1) is 0 Å². The van der Waals surface area contributed by atoms with Crippen LogP contribution in [0.25, 0.3) is 0 Å². The summed E-state index contributed by atoms with van der Waals surface area (Å²) < 4.78 is 0. The Hall–Kier alpha value is -3.14. The minimum absolute atomic E-state index is 0.0507. The number of benzene rings is 1. The van der Waals surface area contributed by atoms with Gasteiger partial charge in [-0.25, -0.2) is 9.59 Å². The molecule has 6 N–H and O–H groups in total. The lowest BCUT2D eigenvalue weighted by atomic mass is 9.43. The highest BCUT2D eigenvalue weighted by Crippen LogP contribution is 2.66. The number of aromatic carboxylic acids is 1. The second-order valence-corrected chi connectivity index (χ2v) is 11.7. The SMILES string of the molecule is CC12CC3CC(C)(C1)CC(NC(=O)ONC(=O)CCC(Cc1ccc(C(=O)O)cc1)C(=O)O)(C3)C2.CN. The monoisotopic (exact) mass is 517 g/mol. The second kappa shape index (κ2) is 11.1. The van der Waals surface area contributed by atoms with Crippen molar-refractivity contribution in [1.29, 1.82) is 0 Å². The third-order valence-corrected chi connectivity index (χ3v) is 8.00. The molecule has 0 heterocycles. The lowest BCUT2D eigenvalue weighted by Crippen LogP contribution is -2.65. The van der Waals surface area contributed by atoms with E-state index in [1.54, 1.807) is 12.1 Å². The Kier molecular flexibility index (Phi) is 8.52. The van der Waals surface area contributed by atoms with E-state index in [4.69, 9.17) is 9.94 Å². The lowest BCUT2D eigenvalue weighted by Gasteiger charge is -2.65. The zero-order valence-electron chi connectivity index (χ0n) is 21.8. The van der Waals surface area contributed by atoms with E-state index in [9.17, 15) is 24.3 Å². The van der Waals surface area contributed by atoms with Crippen LogP contribution in [0.5, 0.6) is 0 Å². The van der Waals surface area contributed by atoms with E-state index in [1.165, 1.54) is 38.4 Å². The molecule has 4 fully saturated rings. The van der Waals surface area contributed by atoms with Crippen molar-refractivity contribution < 1.29 is 34.2 Å². The van der Waals surface area contributed by atoms with E-state index >= 15 is 0 Å². The van der Waals surface area contributed by atoms with Gasteiger partial charge in [0.15, 0.2) is 0 Å². The van der Waals surface area contributed by atoms with Crippen molar-refractivity contribution in [3.05, 3.63) is 35.4 Å². The summed E-state index contributed by atoms with van der Waals surface area (Å²) in [5.74, 6) is -2.92. The Morgan fingerprint density at radius 2 is 1.59 bits per heavy atom. The summed E-state index contributed by atoms with van der Waals surface area (Å²) in [5.41, 5.74) is 7.59. The van der Waals surface area contributed by atoms with Crippen LogP contribution in [0.15, 0.2) is 24.3 Å². The molecule has 1 aromatic carbocycles. The van der Waals surface area contributed by atoms with Crippen LogP contribution in [-0.4, -0.2) is 46.7 Å². The highest BCUT2D eigenvalue weighted by Gasteiger charge is 2.60. The number of hydrogen-bond donors (Lipinski definition) is 5. The molecule has 3 atom stereocenters. The molecule has 0 aromatic heterocycles. The summed E-state index contributed by atoms with van der Waals surface area (Å²) in [7, 11) is 1.50. The molecular weight excluding hydrogens is 478 g/mol. The van der Waals surface area contributed by atoms with Crippen molar-refractivity contribution in [2.24, 2.45) is 28.4 Å². The Balaban J connectivity index is 0.00000186. The molecule has 4 bridgehead atoms. The molecule has 10 nitrogen and oxygen atoms in total. The smallest absolute Gasteiger partial charge is 0.431 e. The standard InChI is InChI=1S/C26H34N2O7.CH5N/c1-24-10-17-11-25(2,13-24)15-26(12-17,14-24)27-23(34)35-28-20(29)8-7-19(22(32)33)9-16-3-5-18(6-4-16)21(30)31;1-2/h3-6,17,19H,7-15H2,1-2H3,(H,27,34)(H,28,29)(H,30,31)(H,32,33);2H2,1H3. The third-order valence-electron chi connectivity index (χ3n) is 8.00. The Bertz CT molecular complexity index is 1010. The van der Waals surface area contributed by atoms with Crippen molar-refractivity contribution in [1.82, 2.24) is 10.8 Å². The molecule has 10 heteroatoms. The Labute approximate surface area is 217 Å². The quantitative estimate of drug-likeness (QED) is 0.327. The van der Waals surface area contributed by atoms with Gasteiger partial charge in [-0.05, 0) is 92.9 Å². The van der Waals surface area contributed by atoms with Gasteiger partial charge in [0.2, 0.25) is 0 Å². The molecule has 0 aliphatic heterocycles. The molecular formula is C27H39N3O7.